The van der Waals surface area contributed by atoms with Crippen molar-refractivity contribution in [2.75, 3.05) is 0 Å². The molecule has 0 saturated heterocycles. The predicted molar refractivity (Wildman–Crippen MR) is 72.8 cm³/mol. The summed E-state index contributed by atoms with van der Waals surface area (Å²) in [6, 6.07) is 13.6. The lowest BCUT2D eigenvalue weighted by Gasteiger charge is -2.07. The third-order valence-electron chi connectivity index (χ3n) is 2.64. The first kappa shape index (κ1) is 13.1. The summed E-state index contributed by atoms with van der Waals surface area (Å²) in [5, 5.41) is 7.21. The Morgan fingerprint density at radius 1 is 1.00 bits per heavy atom. The van der Waals surface area contributed by atoms with E-state index < -0.39 is 0 Å². The van der Waals surface area contributed by atoms with E-state index in [9.17, 15) is 4.39 Å². The molecule has 0 amide bonds. The van der Waals surface area contributed by atoms with Crippen molar-refractivity contribution in [1.82, 2.24) is 0 Å². The molecule has 2 aromatic carbocycles. The first-order valence-electron chi connectivity index (χ1n) is 5.92. The van der Waals surface area contributed by atoms with Crippen LogP contribution in [0.5, 0.6) is 5.75 Å². The van der Waals surface area contributed by atoms with Gasteiger partial charge in [0, 0.05) is 6.42 Å². The molecule has 2 rings (SSSR count). The van der Waals surface area contributed by atoms with Crippen molar-refractivity contribution >= 4 is 5.84 Å². The van der Waals surface area contributed by atoms with Gasteiger partial charge in [0.2, 0.25) is 0 Å². The number of ether oxygens (including phenoxy) is 1. The third kappa shape index (κ3) is 4.10. The molecule has 0 aliphatic heterocycles. The molecule has 0 saturated carbocycles. The molecule has 0 radical (unpaired) electrons. The van der Waals surface area contributed by atoms with Gasteiger partial charge in [0.05, 0.1) is 5.84 Å². The number of amidine groups is 1. The number of hydrogen-bond donors (Lipinski definition) is 2. The van der Waals surface area contributed by atoms with Gasteiger partial charge in [0.25, 0.3) is 0 Å². The van der Waals surface area contributed by atoms with Crippen LogP contribution in [0.1, 0.15) is 11.1 Å². The zero-order valence-electron chi connectivity index (χ0n) is 10.4. The van der Waals surface area contributed by atoms with Crippen LogP contribution < -0.4 is 10.5 Å². The largest absolute Gasteiger partial charge is 0.489 e. The summed E-state index contributed by atoms with van der Waals surface area (Å²) in [7, 11) is 0. The molecule has 3 nitrogen and oxygen atoms in total. The first-order valence-corrected chi connectivity index (χ1v) is 5.92. The van der Waals surface area contributed by atoms with Gasteiger partial charge in [-0.1, -0.05) is 24.3 Å². The number of benzene rings is 2. The molecule has 0 heterocycles. The summed E-state index contributed by atoms with van der Waals surface area (Å²) in [6.45, 7) is 0.395. The Kier molecular flexibility index (Phi) is 4.13. The van der Waals surface area contributed by atoms with Crippen LogP contribution in [0, 0.1) is 11.2 Å². The lowest BCUT2D eigenvalue weighted by molar-refractivity contribution is 0.306. The molecular formula is C15H15FN2O. The fourth-order valence-electron chi connectivity index (χ4n) is 1.67. The quantitative estimate of drug-likeness (QED) is 0.640. The van der Waals surface area contributed by atoms with Gasteiger partial charge in [-0.05, 0) is 35.4 Å². The zero-order chi connectivity index (χ0) is 13.7. The molecule has 0 unspecified atom stereocenters. The number of halogens is 1. The summed E-state index contributed by atoms with van der Waals surface area (Å²) in [4.78, 5) is 0. The lowest BCUT2D eigenvalue weighted by atomic mass is 10.1. The summed E-state index contributed by atoms with van der Waals surface area (Å²) in [6.07, 6.45) is 0.443. The van der Waals surface area contributed by atoms with Crippen molar-refractivity contribution in [2.24, 2.45) is 5.73 Å². The second kappa shape index (κ2) is 6.00. The Labute approximate surface area is 111 Å². The standard InChI is InChI=1S/C15H15FN2O/c16-13-5-1-12(2-6-13)10-19-14-7-3-11(4-8-14)9-15(17)18/h1-8H,9-10H2,(H3,17,18). The number of hydrogen-bond acceptors (Lipinski definition) is 2. The van der Waals surface area contributed by atoms with E-state index in [-0.39, 0.29) is 11.7 Å². The van der Waals surface area contributed by atoms with Crippen LogP contribution in [0.4, 0.5) is 4.39 Å². The Balaban J connectivity index is 1.92. The fourth-order valence-corrected chi connectivity index (χ4v) is 1.67. The zero-order valence-corrected chi connectivity index (χ0v) is 10.4. The Morgan fingerprint density at radius 3 is 2.16 bits per heavy atom. The highest BCUT2D eigenvalue weighted by molar-refractivity contribution is 5.79. The number of nitrogens with two attached hydrogens (primary N) is 1. The average molecular weight is 258 g/mol. The van der Waals surface area contributed by atoms with Gasteiger partial charge in [-0.3, -0.25) is 5.41 Å². The SMILES string of the molecule is N=C(N)Cc1ccc(OCc2ccc(F)cc2)cc1. The minimum absolute atomic E-state index is 0.139. The molecule has 0 spiro atoms. The maximum atomic E-state index is 12.7. The van der Waals surface area contributed by atoms with Gasteiger partial charge >= 0.3 is 0 Å². The van der Waals surface area contributed by atoms with Crippen molar-refractivity contribution in [3.8, 4) is 5.75 Å². The van der Waals surface area contributed by atoms with Gasteiger partial charge in [-0.15, -0.1) is 0 Å². The summed E-state index contributed by atoms with van der Waals surface area (Å²) in [5.41, 5.74) is 7.22. The van der Waals surface area contributed by atoms with Crippen LogP contribution in [0.2, 0.25) is 0 Å². The Hall–Kier alpha value is -2.36. The van der Waals surface area contributed by atoms with Crippen LogP contribution in [-0.2, 0) is 13.0 Å². The molecule has 0 aromatic heterocycles. The van der Waals surface area contributed by atoms with Gasteiger partial charge < -0.3 is 10.5 Å². The van der Waals surface area contributed by atoms with Crippen LogP contribution in [0.3, 0.4) is 0 Å². The van der Waals surface area contributed by atoms with Crippen molar-refractivity contribution < 1.29 is 9.13 Å². The van der Waals surface area contributed by atoms with Crippen LogP contribution in [0.25, 0.3) is 0 Å². The van der Waals surface area contributed by atoms with E-state index in [0.717, 1.165) is 16.9 Å². The molecule has 0 fully saturated rings. The Bertz CT molecular complexity index is 549. The monoisotopic (exact) mass is 258 g/mol. The first-order chi connectivity index (χ1) is 9.13. The molecule has 0 bridgehead atoms. The van der Waals surface area contributed by atoms with Crippen LogP contribution in [0.15, 0.2) is 48.5 Å². The van der Waals surface area contributed by atoms with Gasteiger partial charge in [0.15, 0.2) is 0 Å². The highest BCUT2D eigenvalue weighted by Crippen LogP contribution is 2.14. The molecular weight excluding hydrogens is 243 g/mol. The van der Waals surface area contributed by atoms with E-state index in [0.29, 0.717) is 13.0 Å². The predicted octanol–water partition coefficient (Wildman–Crippen LogP) is 2.88. The van der Waals surface area contributed by atoms with E-state index in [1.54, 1.807) is 12.1 Å². The van der Waals surface area contributed by atoms with Crippen molar-refractivity contribution in [3.63, 3.8) is 0 Å². The minimum Gasteiger partial charge on any atom is -0.489 e. The smallest absolute Gasteiger partial charge is 0.123 e. The lowest BCUT2D eigenvalue weighted by Crippen LogP contribution is -2.12. The summed E-state index contributed by atoms with van der Waals surface area (Å²) in [5.74, 6) is 0.619. The van der Waals surface area contributed by atoms with Crippen LogP contribution >= 0.6 is 0 Å². The highest BCUT2D eigenvalue weighted by atomic mass is 19.1. The molecule has 0 aliphatic rings. The second-order valence-corrected chi connectivity index (χ2v) is 4.26. The molecule has 4 heteroatoms. The molecule has 0 aliphatic carbocycles. The molecule has 98 valence electrons. The van der Waals surface area contributed by atoms with E-state index in [4.69, 9.17) is 15.9 Å². The van der Waals surface area contributed by atoms with E-state index in [2.05, 4.69) is 0 Å². The van der Waals surface area contributed by atoms with Crippen molar-refractivity contribution in [2.45, 2.75) is 13.0 Å². The van der Waals surface area contributed by atoms with Gasteiger partial charge in [0.1, 0.15) is 18.2 Å². The van der Waals surface area contributed by atoms with Crippen LogP contribution in [-0.4, -0.2) is 5.84 Å². The molecule has 0 atom stereocenters. The highest BCUT2D eigenvalue weighted by Gasteiger charge is 1.99. The summed E-state index contributed by atoms with van der Waals surface area (Å²) >= 11 is 0. The fraction of sp³-hybridized carbons (Fsp3) is 0.133. The van der Waals surface area contributed by atoms with E-state index in [1.165, 1.54) is 12.1 Å². The number of rotatable bonds is 5. The van der Waals surface area contributed by atoms with E-state index >= 15 is 0 Å². The van der Waals surface area contributed by atoms with Crippen molar-refractivity contribution in [3.05, 3.63) is 65.5 Å². The third-order valence-corrected chi connectivity index (χ3v) is 2.64. The van der Waals surface area contributed by atoms with Gasteiger partial charge in [-0.25, -0.2) is 4.39 Å². The topological polar surface area (TPSA) is 59.1 Å². The van der Waals surface area contributed by atoms with Crippen molar-refractivity contribution in [1.29, 1.82) is 5.41 Å². The summed E-state index contributed by atoms with van der Waals surface area (Å²) < 4.78 is 18.3. The Morgan fingerprint density at radius 2 is 1.58 bits per heavy atom. The number of nitrogens with one attached hydrogen (secondary N) is 1. The maximum absolute atomic E-state index is 12.7. The molecule has 19 heavy (non-hydrogen) atoms. The average Bonchev–Trinajstić information content (AvgIpc) is 2.39. The van der Waals surface area contributed by atoms with E-state index in [1.807, 2.05) is 24.3 Å². The minimum atomic E-state index is -0.252. The molecule has 2 aromatic rings. The normalized spacial score (nSPS) is 10.2. The van der Waals surface area contributed by atoms with Gasteiger partial charge in [-0.2, -0.15) is 0 Å². The maximum Gasteiger partial charge on any atom is 0.123 e. The second-order valence-electron chi connectivity index (χ2n) is 4.26. The molecule has 3 N–H and O–H groups in total.